The molecule has 8 rings (SSSR count). The minimum Gasteiger partial charge on any atom is -0.543 e. The molecule has 0 saturated carbocycles. The van der Waals surface area contributed by atoms with Crippen LogP contribution in [0.1, 0.15) is 55.6 Å². The van der Waals surface area contributed by atoms with E-state index in [-0.39, 0.29) is 61.8 Å². The van der Waals surface area contributed by atoms with Crippen molar-refractivity contribution < 1.29 is 59.1 Å². The van der Waals surface area contributed by atoms with E-state index in [1.807, 2.05) is 56.3 Å². The van der Waals surface area contributed by atoms with Crippen molar-refractivity contribution in [3.8, 4) is 62.7 Å². The molecule has 0 aliphatic heterocycles. The average molecular weight is 1140 g/mol. The smallest absolute Gasteiger partial charge is 0.347 e. The Hall–Kier alpha value is -7.97. The molecule has 3 aromatic heterocycles. The van der Waals surface area contributed by atoms with Gasteiger partial charge in [0.25, 0.3) is 10.1 Å². The minimum atomic E-state index is -4.00. The molecule has 0 unspecified atom stereocenters. The second-order valence-electron chi connectivity index (χ2n) is 20.7. The number of ether oxygens (including phenoxy) is 6. The maximum atomic E-state index is 14.6. The van der Waals surface area contributed by atoms with Gasteiger partial charge in [-0.2, -0.15) is 8.42 Å². The van der Waals surface area contributed by atoms with Gasteiger partial charge in [-0.05, 0) is 134 Å². The fraction of sp³-hybridized carbons (Fsp3) is 0.306. The Morgan fingerprint density at radius 3 is 2.27 bits per heavy atom. The van der Waals surface area contributed by atoms with E-state index in [9.17, 15) is 17.6 Å². The molecule has 0 aliphatic rings. The molecule has 19 heteroatoms. The molecule has 16 nitrogen and oxygen atoms in total. The van der Waals surface area contributed by atoms with Gasteiger partial charge in [0.2, 0.25) is 26.0 Å². The number of rotatable bonds is 26. The summed E-state index contributed by atoms with van der Waals surface area (Å²) in [5.41, 5.74) is 5.63. The molecule has 0 bridgehead atoms. The highest BCUT2D eigenvalue weighted by molar-refractivity contribution is 7.85. The van der Waals surface area contributed by atoms with E-state index in [1.54, 1.807) is 87.0 Å². The van der Waals surface area contributed by atoms with Crippen molar-refractivity contribution in [2.24, 2.45) is 0 Å². The molecule has 3 heterocycles. The second-order valence-corrected chi connectivity index (χ2v) is 27.1. The largest absolute Gasteiger partial charge is 0.543 e. The predicted molar refractivity (Wildman–Crippen MR) is 310 cm³/mol. The van der Waals surface area contributed by atoms with Gasteiger partial charge in [0, 0.05) is 29.3 Å². The number of carbonyl (C=O) groups excluding carboxylic acids is 1. The van der Waals surface area contributed by atoms with Gasteiger partial charge in [0.05, 0.1) is 38.2 Å². The van der Waals surface area contributed by atoms with E-state index in [1.165, 1.54) is 18.5 Å². The van der Waals surface area contributed by atoms with Crippen LogP contribution in [0, 0.1) is 19.7 Å². The number of hydrogen-bond acceptors (Lipinski definition) is 16. The van der Waals surface area contributed by atoms with Crippen molar-refractivity contribution >= 4 is 35.5 Å². The minimum absolute atomic E-state index is 0.00131. The Morgan fingerprint density at radius 1 is 0.840 bits per heavy atom. The van der Waals surface area contributed by atoms with Crippen LogP contribution in [0.25, 0.3) is 44.9 Å². The number of carbonyl (C=O) groups is 1. The van der Waals surface area contributed by atoms with E-state index >= 15 is 0 Å². The summed E-state index contributed by atoms with van der Waals surface area (Å²) >= 11 is 0. The third-order valence-corrected chi connectivity index (χ3v) is 19.2. The Kier molecular flexibility index (Phi) is 19.0. The number of fused-ring (bicyclic) bond motifs is 1. The van der Waals surface area contributed by atoms with Crippen molar-refractivity contribution in [2.45, 2.75) is 90.7 Å². The van der Waals surface area contributed by atoms with Crippen LogP contribution >= 0.6 is 0 Å². The molecule has 2 atom stereocenters. The summed E-state index contributed by atoms with van der Waals surface area (Å²) in [5.74, 6) is 1.38. The molecular formula is C62H67FN4O12SSi. The van der Waals surface area contributed by atoms with Crippen molar-refractivity contribution in [1.29, 1.82) is 0 Å². The Bertz CT molecular complexity index is 3570. The van der Waals surface area contributed by atoms with Gasteiger partial charge in [-0.25, -0.2) is 29.1 Å². The van der Waals surface area contributed by atoms with Crippen molar-refractivity contribution in [3.63, 3.8) is 0 Å². The molecular weight excluding hydrogens is 1070 g/mol. The van der Waals surface area contributed by atoms with Crippen LogP contribution in [0.4, 0.5) is 4.39 Å². The average Bonchev–Trinajstić information content (AvgIpc) is 4.02. The van der Waals surface area contributed by atoms with Crippen molar-refractivity contribution in [1.82, 2.24) is 19.9 Å². The van der Waals surface area contributed by atoms with Gasteiger partial charge in [-0.3, -0.25) is 4.18 Å². The molecule has 0 fully saturated rings. The summed E-state index contributed by atoms with van der Waals surface area (Å²) < 4.78 is 96.5. The van der Waals surface area contributed by atoms with Gasteiger partial charge in [0.1, 0.15) is 71.4 Å². The van der Waals surface area contributed by atoms with E-state index in [2.05, 4.69) is 55.4 Å². The molecule has 0 spiro atoms. The second kappa shape index (κ2) is 26.1. The monoisotopic (exact) mass is 1140 g/mol. The van der Waals surface area contributed by atoms with Gasteiger partial charge in [-0.1, -0.05) is 69.3 Å². The Labute approximate surface area is 473 Å². The lowest BCUT2D eigenvalue weighted by atomic mass is 9.92. The number of halogens is 1. The van der Waals surface area contributed by atoms with Gasteiger partial charge < -0.3 is 37.3 Å². The number of benzene rings is 5. The highest BCUT2D eigenvalue weighted by Crippen LogP contribution is 2.47. The molecule has 81 heavy (non-hydrogen) atoms. The first-order valence-corrected chi connectivity index (χ1v) is 30.9. The standard InChI is InChI=1S/C62H67FN4O12SSi/c1-11-30-72-36-49(37-75-80(69,70)38-42-18-14-13-15-19-42)76-48-31-40(3)54(41(4)32-48)55-56-59(65-39-66-60(56)78-57(55)43-22-24-45(63)25-23-43)77-53(61(68)73-12-2)34-44-33-47(79-81(9,10)62(5,6)7)26-27-51(44)74-35-46-28-29-64-58(67-46)50-20-16-17-21-52(50)71-8/h11,13-29,31-33,39,49,53H,1,12,30,34-38H2,2-10H3/t49-,53-/m1/s1. The zero-order valence-corrected chi connectivity index (χ0v) is 48.8. The summed E-state index contributed by atoms with van der Waals surface area (Å²) in [6, 6.07) is 32.9. The zero-order valence-electron chi connectivity index (χ0n) is 47.0. The van der Waals surface area contributed by atoms with E-state index in [4.69, 9.17) is 46.4 Å². The molecule has 0 radical (unpaired) electrons. The lowest BCUT2D eigenvalue weighted by molar-refractivity contribution is -0.151. The molecule has 424 valence electrons. The lowest BCUT2D eigenvalue weighted by Crippen LogP contribution is -2.43. The third kappa shape index (κ3) is 14.9. The summed E-state index contributed by atoms with van der Waals surface area (Å²) in [6.07, 6.45) is 2.27. The number of aryl methyl sites for hydroxylation is 2. The van der Waals surface area contributed by atoms with Crippen LogP contribution < -0.4 is 23.4 Å². The zero-order chi connectivity index (χ0) is 57.9. The van der Waals surface area contributed by atoms with Crippen LogP contribution in [0.5, 0.6) is 28.9 Å². The number of para-hydroxylation sites is 1. The molecule has 0 amide bonds. The SMILES string of the molecule is C=CCOC[C@H](COS(=O)(=O)Cc1ccccc1)Oc1cc(C)c(-c2c(-c3ccc(F)cc3)oc3ncnc(O[C@H](Cc4cc(O[Si](C)(C)C(C)(C)C)ccc4OCc4ccnc(-c5ccccc5OC)n4)C(=O)OCC)c23)c(C)c1. The van der Waals surface area contributed by atoms with Crippen LogP contribution in [0.3, 0.4) is 0 Å². The molecule has 0 aliphatic carbocycles. The van der Waals surface area contributed by atoms with Crippen molar-refractivity contribution in [2.75, 3.05) is 33.5 Å². The van der Waals surface area contributed by atoms with Crippen LogP contribution in [-0.2, 0) is 47.4 Å². The van der Waals surface area contributed by atoms with Crippen molar-refractivity contribution in [3.05, 3.63) is 174 Å². The lowest BCUT2D eigenvalue weighted by Gasteiger charge is -2.36. The Balaban J connectivity index is 1.17. The van der Waals surface area contributed by atoms with Gasteiger partial charge in [0.15, 0.2) is 5.82 Å². The van der Waals surface area contributed by atoms with Crippen LogP contribution in [0.15, 0.2) is 145 Å². The first kappa shape index (κ1) is 59.2. The predicted octanol–water partition coefficient (Wildman–Crippen LogP) is 12.8. The number of furan rings is 1. The number of aromatic nitrogens is 4. The quantitative estimate of drug-likeness (QED) is 0.0163. The fourth-order valence-electron chi connectivity index (χ4n) is 8.71. The first-order chi connectivity index (χ1) is 38.8. The fourth-order valence-corrected chi connectivity index (χ4v) is 10.8. The first-order valence-electron chi connectivity index (χ1n) is 26.4. The number of nitrogens with zero attached hydrogens (tertiary/aromatic N) is 4. The summed E-state index contributed by atoms with van der Waals surface area (Å²) in [5, 5.41) is 0.189. The highest BCUT2D eigenvalue weighted by atomic mass is 32.2. The highest BCUT2D eigenvalue weighted by Gasteiger charge is 2.39. The molecule has 0 saturated heterocycles. The van der Waals surface area contributed by atoms with E-state index in [0.717, 1.165) is 5.56 Å². The number of esters is 1. The molecule has 0 N–H and O–H groups in total. The van der Waals surface area contributed by atoms with E-state index < -0.39 is 42.4 Å². The summed E-state index contributed by atoms with van der Waals surface area (Å²) in [4.78, 5) is 32.9. The van der Waals surface area contributed by atoms with Crippen LogP contribution in [-0.4, -0.2) is 88.4 Å². The molecule has 8 aromatic rings. The summed E-state index contributed by atoms with van der Waals surface area (Å²) in [6.45, 7) is 19.9. The maximum Gasteiger partial charge on any atom is 0.347 e. The maximum absolute atomic E-state index is 14.6. The van der Waals surface area contributed by atoms with E-state index in [0.29, 0.717) is 84.6 Å². The third-order valence-electron chi connectivity index (χ3n) is 13.6. The number of methoxy groups -OCH3 is 1. The van der Waals surface area contributed by atoms with Crippen LogP contribution in [0.2, 0.25) is 18.1 Å². The molecule has 5 aromatic carbocycles. The van der Waals surface area contributed by atoms with Gasteiger partial charge in [-0.15, -0.1) is 6.58 Å². The Morgan fingerprint density at radius 2 is 1.57 bits per heavy atom. The topological polar surface area (TPSA) is 190 Å². The normalized spacial score (nSPS) is 12.6. The number of hydrogen-bond donors (Lipinski definition) is 0. The summed E-state index contributed by atoms with van der Waals surface area (Å²) in [7, 11) is -4.78. The van der Waals surface area contributed by atoms with Gasteiger partial charge >= 0.3 is 5.97 Å².